The van der Waals surface area contributed by atoms with Crippen molar-refractivity contribution in [3.8, 4) is 5.75 Å². The lowest BCUT2D eigenvalue weighted by atomic mass is 9.97. The molecular formula is C36H33N7O2. The summed E-state index contributed by atoms with van der Waals surface area (Å²) in [5, 5.41) is 15.0. The first kappa shape index (κ1) is 28.1. The fourth-order valence-electron chi connectivity index (χ4n) is 5.97. The highest BCUT2D eigenvalue weighted by Gasteiger charge is 2.27. The molecule has 1 amide bonds. The van der Waals surface area contributed by atoms with E-state index in [2.05, 4.69) is 73.5 Å². The molecule has 4 aromatic heterocycles. The molecule has 0 aliphatic heterocycles. The quantitative estimate of drug-likeness (QED) is 0.169. The zero-order valence-electron chi connectivity index (χ0n) is 24.9. The van der Waals surface area contributed by atoms with Gasteiger partial charge in [0.05, 0.1) is 19.6 Å². The maximum atomic E-state index is 13.2. The van der Waals surface area contributed by atoms with Crippen molar-refractivity contribution in [3.05, 3.63) is 144 Å². The summed E-state index contributed by atoms with van der Waals surface area (Å²) in [7, 11) is 1.67. The number of amides is 1. The summed E-state index contributed by atoms with van der Waals surface area (Å²) in [6, 6.07) is 29.9. The van der Waals surface area contributed by atoms with Crippen molar-refractivity contribution in [2.45, 2.75) is 25.3 Å². The first-order valence-corrected chi connectivity index (χ1v) is 15.0. The Bertz CT molecular complexity index is 2060. The van der Waals surface area contributed by atoms with Crippen LogP contribution in [0.5, 0.6) is 5.75 Å². The molecule has 3 aromatic carbocycles. The highest BCUT2D eigenvalue weighted by atomic mass is 16.5. The van der Waals surface area contributed by atoms with Crippen LogP contribution in [0.15, 0.2) is 110 Å². The Kier molecular flexibility index (Phi) is 7.80. The van der Waals surface area contributed by atoms with Gasteiger partial charge in [0, 0.05) is 53.4 Å². The molecule has 4 heterocycles. The van der Waals surface area contributed by atoms with Gasteiger partial charge in [-0.25, -0.2) is 0 Å². The normalized spacial score (nSPS) is 12.0. The lowest BCUT2D eigenvalue weighted by molar-refractivity contribution is 0.0947. The third-order valence-electron chi connectivity index (χ3n) is 8.32. The minimum absolute atomic E-state index is 0.235. The van der Waals surface area contributed by atoms with Gasteiger partial charge in [0.25, 0.3) is 5.91 Å². The molecule has 7 aromatic rings. The molecule has 9 nitrogen and oxygen atoms in total. The highest BCUT2D eigenvalue weighted by Crippen LogP contribution is 2.31. The molecule has 45 heavy (non-hydrogen) atoms. The van der Waals surface area contributed by atoms with Crippen molar-refractivity contribution >= 4 is 27.7 Å². The van der Waals surface area contributed by atoms with Gasteiger partial charge in [-0.05, 0) is 59.5 Å². The molecule has 9 heteroatoms. The smallest absolute Gasteiger partial charge is 0.269 e. The Hall–Kier alpha value is -5.70. The number of para-hydroxylation sites is 2. The molecule has 0 bridgehead atoms. The van der Waals surface area contributed by atoms with E-state index in [-0.39, 0.29) is 11.8 Å². The molecule has 0 spiro atoms. The highest BCUT2D eigenvalue weighted by molar-refractivity contribution is 5.92. The second-order valence-corrected chi connectivity index (χ2v) is 11.0. The van der Waals surface area contributed by atoms with Gasteiger partial charge in [-0.2, -0.15) is 0 Å². The average molecular weight is 596 g/mol. The van der Waals surface area contributed by atoms with E-state index in [0.717, 1.165) is 51.4 Å². The van der Waals surface area contributed by atoms with E-state index in [1.54, 1.807) is 25.4 Å². The van der Waals surface area contributed by atoms with Crippen molar-refractivity contribution in [3.63, 3.8) is 0 Å². The number of nitrogens with one attached hydrogen (secondary N) is 3. The predicted octanol–water partition coefficient (Wildman–Crippen LogP) is 6.04. The number of carbonyl (C=O) groups is 1. The van der Waals surface area contributed by atoms with Crippen LogP contribution in [0.4, 0.5) is 0 Å². The number of aryl methyl sites for hydroxylation is 2. The number of carbonyl (C=O) groups excluding carboxylic acids is 1. The van der Waals surface area contributed by atoms with E-state index < -0.39 is 0 Å². The monoisotopic (exact) mass is 595 g/mol. The summed E-state index contributed by atoms with van der Waals surface area (Å²) in [6.45, 7) is 0.892. The number of hydrogen-bond donors (Lipinski definition) is 3. The number of methoxy groups -OCH3 is 1. The number of pyridine rings is 1. The molecule has 0 aliphatic rings. The fourth-order valence-corrected chi connectivity index (χ4v) is 5.97. The van der Waals surface area contributed by atoms with Crippen LogP contribution in [0.25, 0.3) is 21.8 Å². The maximum Gasteiger partial charge on any atom is 0.269 e. The lowest BCUT2D eigenvalue weighted by Gasteiger charge is -2.19. The number of H-pyrrole nitrogens is 2. The fraction of sp³-hybridized carbons (Fsp3) is 0.167. The molecule has 7 rings (SSSR count). The van der Waals surface area contributed by atoms with Crippen LogP contribution in [0.1, 0.15) is 44.7 Å². The predicted molar refractivity (Wildman–Crippen MR) is 175 cm³/mol. The first-order valence-electron chi connectivity index (χ1n) is 15.0. The first-order chi connectivity index (χ1) is 22.2. The standard InChI is InChI=1S/C36H33N7O2/c1-45-26-16-13-24(14-17-26)23-43-34(18-15-25-20-38-31-10-4-2-8-27(25)31)41-42-35(43)30(22-40-36(44)33-12-6-7-19-37-33)29-21-39-32-11-5-3-9-28(29)32/h2-14,16-17,19-21,30,38-39H,15,18,22-23H2,1H3,(H,40,44). The molecule has 3 N–H and O–H groups in total. The summed E-state index contributed by atoms with van der Waals surface area (Å²) >= 11 is 0. The number of ether oxygens (including phenoxy) is 1. The van der Waals surface area contributed by atoms with Crippen LogP contribution >= 0.6 is 0 Å². The van der Waals surface area contributed by atoms with E-state index in [9.17, 15) is 4.79 Å². The van der Waals surface area contributed by atoms with Gasteiger partial charge in [0.1, 0.15) is 23.1 Å². The van der Waals surface area contributed by atoms with Crippen LogP contribution in [0.3, 0.4) is 0 Å². The van der Waals surface area contributed by atoms with Crippen LogP contribution < -0.4 is 10.1 Å². The number of hydrogen-bond acceptors (Lipinski definition) is 5. The Labute approximate surface area is 260 Å². The van der Waals surface area contributed by atoms with Gasteiger partial charge in [-0.3, -0.25) is 9.78 Å². The largest absolute Gasteiger partial charge is 0.497 e. The van der Waals surface area contributed by atoms with E-state index >= 15 is 0 Å². The van der Waals surface area contributed by atoms with Crippen LogP contribution in [0, 0.1) is 0 Å². The van der Waals surface area contributed by atoms with Crippen molar-refractivity contribution in [2.24, 2.45) is 0 Å². The second kappa shape index (κ2) is 12.5. The Morgan fingerprint density at radius 2 is 1.58 bits per heavy atom. The zero-order chi connectivity index (χ0) is 30.6. The maximum absolute atomic E-state index is 13.2. The van der Waals surface area contributed by atoms with Gasteiger partial charge in [-0.1, -0.05) is 54.6 Å². The van der Waals surface area contributed by atoms with Gasteiger partial charge < -0.3 is 24.6 Å². The second-order valence-electron chi connectivity index (χ2n) is 11.0. The zero-order valence-corrected chi connectivity index (χ0v) is 24.9. The summed E-state index contributed by atoms with van der Waals surface area (Å²) in [4.78, 5) is 24.2. The Morgan fingerprint density at radius 1 is 0.844 bits per heavy atom. The van der Waals surface area contributed by atoms with Crippen molar-refractivity contribution < 1.29 is 9.53 Å². The number of benzene rings is 3. The molecule has 1 unspecified atom stereocenters. The van der Waals surface area contributed by atoms with Crippen molar-refractivity contribution in [1.29, 1.82) is 0 Å². The molecule has 1 atom stereocenters. The molecule has 0 saturated carbocycles. The number of rotatable bonds is 11. The molecule has 0 radical (unpaired) electrons. The van der Waals surface area contributed by atoms with E-state index in [1.807, 2.05) is 42.6 Å². The van der Waals surface area contributed by atoms with Crippen LogP contribution in [-0.4, -0.2) is 49.3 Å². The number of aromatic nitrogens is 6. The van der Waals surface area contributed by atoms with Gasteiger partial charge >= 0.3 is 0 Å². The van der Waals surface area contributed by atoms with Crippen molar-refractivity contribution in [2.75, 3.05) is 13.7 Å². The van der Waals surface area contributed by atoms with Crippen LogP contribution in [0.2, 0.25) is 0 Å². The van der Waals surface area contributed by atoms with E-state index in [1.165, 1.54) is 10.9 Å². The Morgan fingerprint density at radius 3 is 2.36 bits per heavy atom. The molecule has 0 fully saturated rings. The topological polar surface area (TPSA) is 114 Å². The molecular weight excluding hydrogens is 562 g/mol. The minimum atomic E-state index is -0.276. The van der Waals surface area contributed by atoms with Crippen LogP contribution in [-0.2, 0) is 19.4 Å². The summed E-state index contributed by atoms with van der Waals surface area (Å²) < 4.78 is 7.61. The third kappa shape index (κ3) is 5.80. The van der Waals surface area contributed by atoms with Crippen molar-refractivity contribution in [1.82, 2.24) is 35.0 Å². The van der Waals surface area contributed by atoms with E-state index in [0.29, 0.717) is 25.2 Å². The summed E-state index contributed by atoms with van der Waals surface area (Å²) in [5.74, 6) is 1.96. The molecule has 0 aliphatic carbocycles. The SMILES string of the molecule is COc1ccc(Cn2c(CCc3c[nH]c4ccccc34)nnc2C(CNC(=O)c2ccccn2)c2c[nH]c3ccccc23)cc1. The van der Waals surface area contributed by atoms with E-state index in [4.69, 9.17) is 14.9 Å². The average Bonchev–Trinajstić information content (AvgIpc) is 3.82. The minimum Gasteiger partial charge on any atom is -0.497 e. The van der Waals surface area contributed by atoms with Gasteiger partial charge in [-0.15, -0.1) is 10.2 Å². The van der Waals surface area contributed by atoms with Gasteiger partial charge in [0.15, 0.2) is 0 Å². The summed E-state index contributed by atoms with van der Waals surface area (Å²) in [5.41, 5.74) is 5.89. The Balaban J connectivity index is 1.27. The third-order valence-corrected chi connectivity index (χ3v) is 8.32. The number of fused-ring (bicyclic) bond motifs is 2. The molecule has 0 saturated heterocycles. The number of aromatic amines is 2. The lowest BCUT2D eigenvalue weighted by Crippen LogP contribution is -2.31. The number of nitrogens with zero attached hydrogens (tertiary/aromatic N) is 4. The molecule has 224 valence electrons. The summed E-state index contributed by atoms with van der Waals surface area (Å²) in [6.07, 6.45) is 7.22. The van der Waals surface area contributed by atoms with Gasteiger partial charge in [0.2, 0.25) is 0 Å².